The van der Waals surface area contributed by atoms with Gasteiger partial charge in [0.05, 0.1) is 16.5 Å². The Morgan fingerprint density at radius 3 is 2.17 bits per heavy atom. The summed E-state index contributed by atoms with van der Waals surface area (Å²) in [5.41, 5.74) is 5.90. The average molecular weight is 369 g/mol. The van der Waals surface area contributed by atoms with E-state index in [0.29, 0.717) is 10.4 Å². The van der Waals surface area contributed by atoms with Crippen molar-refractivity contribution in [2.45, 2.75) is 19.8 Å². The number of hydrogen-bond donors (Lipinski definition) is 2. The predicted molar refractivity (Wildman–Crippen MR) is 93.9 cm³/mol. The summed E-state index contributed by atoms with van der Waals surface area (Å²) in [7, 11) is -3.66. The van der Waals surface area contributed by atoms with E-state index in [1.807, 2.05) is 18.2 Å². The number of benzene rings is 1. The molecular weight excluding hydrogens is 350 g/mol. The van der Waals surface area contributed by atoms with Gasteiger partial charge in [-0.2, -0.15) is 8.42 Å². The highest BCUT2D eigenvalue weighted by Crippen LogP contribution is 2.26. The molecule has 0 fully saturated rings. The molecule has 1 atom stereocenters. The summed E-state index contributed by atoms with van der Waals surface area (Å²) < 4.78 is 26.9. The van der Waals surface area contributed by atoms with Crippen molar-refractivity contribution < 1.29 is 22.6 Å². The van der Waals surface area contributed by atoms with E-state index in [0.717, 1.165) is 4.88 Å². The first kappa shape index (κ1) is 20.0. The zero-order chi connectivity index (χ0) is 18.3. The molecule has 130 valence electrons. The molecule has 0 saturated heterocycles. The molecule has 1 aromatic carbocycles. The number of hydrogen-bond acceptors (Lipinski definition) is 5. The van der Waals surface area contributed by atoms with Crippen LogP contribution in [0.4, 0.5) is 0 Å². The summed E-state index contributed by atoms with van der Waals surface area (Å²) in [6.07, 6.45) is 0. The van der Waals surface area contributed by atoms with Crippen LogP contribution in [-0.4, -0.2) is 30.4 Å². The van der Waals surface area contributed by atoms with E-state index in [1.54, 1.807) is 31.2 Å². The first-order valence-corrected chi connectivity index (χ1v) is 9.52. The third kappa shape index (κ3) is 6.23. The minimum absolute atomic E-state index is 0.0245. The Kier molecular flexibility index (Phi) is 7.27. The Hall–Kier alpha value is -2.03. The third-order valence-corrected chi connectivity index (χ3v) is 5.10. The molecule has 0 spiro atoms. The largest absolute Gasteiger partial charge is 0.369 e. The number of nitrogens with two attached hydrogens (primary N) is 1. The first-order valence-electron chi connectivity index (χ1n) is 7.09. The highest BCUT2D eigenvalue weighted by molar-refractivity contribution is 7.85. The maximum absolute atomic E-state index is 12.1. The molecular formula is C16H19NO5S2. The number of primary amides is 1. The monoisotopic (exact) mass is 369 g/mol. The fourth-order valence-electron chi connectivity index (χ4n) is 1.58. The highest BCUT2D eigenvalue weighted by atomic mass is 32.2. The van der Waals surface area contributed by atoms with E-state index in [-0.39, 0.29) is 23.4 Å². The van der Waals surface area contributed by atoms with Crippen LogP contribution in [-0.2, 0) is 14.9 Å². The van der Waals surface area contributed by atoms with Crippen LogP contribution in [0.3, 0.4) is 0 Å². The minimum atomic E-state index is -3.66. The fourth-order valence-corrected chi connectivity index (χ4v) is 2.61. The molecule has 1 aromatic heterocycles. The Labute approximate surface area is 145 Å². The van der Waals surface area contributed by atoms with E-state index >= 15 is 0 Å². The van der Waals surface area contributed by atoms with Crippen LogP contribution >= 0.6 is 11.3 Å². The van der Waals surface area contributed by atoms with Gasteiger partial charge in [0.2, 0.25) is 11.7 Å². The zero-order valence-corrected chi connectivity index (χ0v) is 14.9. The third-order valence-electron chi connectivity index (χ3n) is 3.10. The standard InChI is InChI=1S/C14H13NO2S.C2H6O3S/c1-9(14(15)17)11-7-8-12(18-11)13(16)10-5-3-2-4-6-10;1-2-6(3,4)5/h2-9H,1H3,(H2,15,17);2H2,1H3,(H,3,4,5). The molecule has 1 unspecified atom stereocenters. The first-order chi connectivity index (χ1) is 11.2. The van der Waals surface area contributed by atoms with Crippen molar-refractivity contribution in [3.8, 4) is 0 Å². The van der Waals surface area contributed by atoms with Gasteiger partial charge in [-0.3, -0.25) is 14.1 Å². The number of ketones is 1. The molecule has 0 aliphatic heterocycles. The van der Waals surface area contributed by atoms with Crippen molar-refractivity contribution in [2.24, 2.45) is 5.73 Å². The van der Waals surface area contributed by atoms with Gasteiger partial charge >= 0.3 is 0 Å². The molecule has 0 radical (unpaired) electrons. The highest BCUT2D eigenvalue weighted by Gasteiger charge is 2.17. The predicted octanol–water partition coefficient (Wildman–Crippen LogP) is 2.46. The zero-order valence-electron chi connectivity index (χ0n) is 13.3. The summed E-state index contributed by atoms with van der Waals surface area (Å²) in [6.45, 7) is 3.11. The Morgan fingerprint density at radius 1 is 1.17 bits per heavy atom. The molecule has 2 rings (SSSR count). The van der Waals surface area contributed by atoms with Gasteiger partial charge in [-0.15, -0.1) is 11.3 Å². The van der Waals surface area contributed by atoms with Gasteiger partial charge in [-0.25, -0.2) is 0 Å². The van der Waals surface area contributed by atoms with E-state index in [9.17, 15) is 18.0 Å². The lowest BCUT2D eigenvalue weighted by atomic mass is 10.1. The summed E-state index contributed by atoms with van der Waals surface area (Å²) in [4.78, 5) is 24.7. The Morgan fingerprint density at radius 2 is 1.71 bits per heavy atom. The van der Waals surface area contributed by atoms with Gasteiger partial charge in [0.1, 0.15) is 0 Å². The van der Waals surface area contributed by atoms with Crippen LogP contribution in [0.1, 0.15) is 39.9 Å². The number of amides is 1. The quantitative estimate of drug-likeness (QED) is 0.620. The molecule has 0 bridgehead atoms. The SMILES string of the molecule is CC(C(N)=O)c1ccc(C(=O)c2ccccc2)s1.CCS(=O)(=O)O. The summed E-state index contributed by atoms with van der Waals surface area (Å²) in [5.74, 6) is -0.959. The van der Waals surface area contributed by atoms with Crippen molar-refractivity contribution in [1.29, 1.82) is 0 Å². The van der Waals surface area contributed by atoms with E-state index in [2.05, 4.69) is 0 Å². The second-order valence-corrected chi connectivity index (χ2v) is 7.75. The number of rotatable bonds is 5. The van der Waals surface area contributed by atoms with Crippen LogP contribution in [0.25, 0.3) is 0 Å². The second-order valence-electron chi connectivity index (χ2n) is 4.89. The molecule has 6 nitrogen and oxygen atoms in total. The lowest BCUT2D eigenvalue weighted by Gasteiger charge is -2.02. The molecule has 0 saturated carbocycles. The van der Waals surface area contributed by atoms with Gasteiger partial charge in [0.15, 0.2) is 0 Å². The average Bonchev–Trinajstić information content (AvgIpc) is 3.04. The van der Waals surface area contributed by atoms with Crippen molar-refractivity contribution in [3.63, 3.8) is 0 Å². The van der Waals surface area contributed by atoms with Gasteiger partial charge in [0.25, 0.3) is 10.1 Å². The summed E-state index contributed by atoms with van der Waals surface area (Å²) in [6, 6.07) is 12.6. The van der Waals surface area contributed by atoms with Crippen molar-refractivity contribution >= 4 is 33.1 Å². The molecule has 0 aliphatic carbocycles. The molecule has 2 aromatic rings. The van der Waals surface area contributed by atoms with Gasteiger partial charge in [0, 0.05) is 10.4 Å². The second kappa shape index (κ2) is 8.72. The Bertz CT molecular complexity index is 797. The van der Waals surface area contributed by atoms with Crippen LogP contribution in [0, 0.1) is 0 Å². The molecule has 8 heteroatoms. The molecule has 24 heavy (non-hydrogen) atoms. The van der Waals surface area contributed by atoms with Crippen LogP contribution in [0.2, 0.25) is 0 Å². The van der Waals surface area contributed by atoms with Gasteiger partial charge in [-0.05, 0) is 26.0 Å². The van der Waals surface area contributed by atoms with E-state index < -0.39 is 10.1 Å². The van der Waals surface area contributed by atoms with Gasteiger partial charge < -0.3 is 5.73 Å². The maximum atomic E-state index is 12.1. The van der Waals surface area contributed by atoms with Crippen molar-refractivity contribution in [1.82, 2.24) is 0 Å². The summed E-state index contributed by atoms with van der Waals surface area (Å²) >= 11 is 1.32. The summed E-state index contributed by atoms with van der Waals surface area (Å²) in [5, 5.41) is 0. The van der Waals surface area contributed by atoms with Gasteiger partial charge in [-0.1, -0.05) is 30.3 Å². The lowest BCUT2D eigenvalue weighted by Crippen LogP contribution is -2.17. The fraction of sp³-hybridized carbons (Fsp3) is 0.250. The number of carbonyl (C=O) groups excluding carboxylic acids is 2. The van der Waals surface area contributed by atoms with E-state index in [4.69, 9.17) is 10.3 Å². The van der Waals surface area contributed by atoms with Crippen LogP contribution < -0.4 is 5.73 Å². The Balaban J connectivity index is 0.000000413. The molecule has 3 N–H and O–H groups in total. The smallest absolute Gasteiger partial charge is 0.264 e. The minimum Gasteiger partial charge on any atom is -0.369 e. The number of thiophene rings is 1. The normalized spacial score (nSPS) is 12.0. The number of carbonyl (C=O) groups is 2. The topological polar surface area (TPSA) is 115 Å². The van der Waals surface area contributed by atoms with Crippen molar-refractivity contribution in [3.05, 3.63) is 57.8 Å². The molecule has 1 amide bonds. The lowest BCUT2D eigenvalue weighted by molar-refractivity contribution is -0.119. The molecule has 0 aliphatic rings. The van der Waals surface area contributed by atoms with Crippen LogP contribution in [0.15, 0.2) is 42.5 Å². The van der Waals surface area contributed by atoms with Crippen LogP contribution in [0.5, 0.6) is 0 Å². The maximum Gasteiger partial charge on any atom is 0.264 e. The van der Waals surface area contributed by atoms with Crippen molar-refractivity contribution in [2.75, 3.05) is 5.75 Å². The van der Waals surface area contributed by atoms with E-state index in [1.165, 1.54) is 18.3 Å². The molecule has 1 heterocycles.